The van der Waals surface area contributed by atoms with Crippen LogP contribution in [-0.2, 0) is 4.79 Å². The Morgan fingerprint density at radius 3 is 2.45 bits per heavy atom. The van der Waals surface area contributed by atoms with Crippen LogP contribution in [0, 0.1) is 18.2 Å². The van der Waals surface area contributed by atoms with Crippen molar-refractivity contribution in [2.24, 2.45) is 5.41 Å². The van der Waals surface area contributed by atoms with Crippen molar-refractivity contribution in [1.82, 2.24) is 25.1 Å². The van der Waals surface area contributed by atoms with E-state index in [9.17, 15) is 27.5 Å². The third-order valence-electron chi connectivity index (χ3n) is 8.82. The van der Waals surface area contributed by atoms with Crippen LogP contribution in [0.15, 0.2) is 54.7 Å². The molecular weight excluding hydrogens is 622 g/mol. The monoisotopic (exact) mass is 655 g/mol. The normalized spacial score (nSPS) is 18.3. The van der Waals surface area contributed by atoms with Crippen molar-refractivity contribution < 1.29 is 36.9 Å². The quantitative estimate of drug-likeness (QED) is 0.220. The van der Waals surface area contributed by atoms with E-state index in [4.69, 9.17) is 15.2 Å². The number of halogens is 4. The lowest BCUT2D eigenvalue weighted by Gasteiger charge is -2.39. The van der Waals surface area contributed by atoms with Gasteiger partial charge in [0.1, 0.15) is 11.9 Å². The Balaban J connectivity index is 1.31. The van der Waals surface area contributed by atoms with E-state index < -0.39 is 30.1 Å². The van der Waals surface area contributed by atoms with Gasteiger partial charge in [-0.2, -0.15) is 28.2 Å². The molecule has 0 bridgehead atoms. The molecule has 4 aromatic rings. The Kier molecular flexibility index (Phi) is 8.42. The summed E-state index contributed by atoms with van der Waals surface area (Å²) in [5.74, 6) is -1.78. The first kappa shape index (κ1) is 32.0. The number of aliphatic carboxylic acids is 1. The smallest absolute Gasteiger partial charge is 0.429 e. The minimum Gasteiger partial charge on any atom is -0.494 e. The van der Waals surface area contributed by atoms with Crippen molar-refractivity contribution in [2.75, 3.05) is 37.4 Å². The highest BCUT2D eigenvalue weighted by molar-refractivity contribution is 5.74. The van der Waals surface area contributed by atoms with Crippen LogP contribution in [0.2, 0.25) is 0 Å². The SMILES string of the molecule is COc1ccc(-c2ccc(C(Oc3cc(N4CCC5(CC4)CNC(C(=O)O)C5)nc(N)n3)C(F)(F)F)c(-n3ccc(C)n3)c2)cc1F. The summed E-state index contributed by atoms with van der Waals surface area (Å²) >= 11 is 0. The molecular formula is C32H33F4N7O4. The number of piperidine rings is 1. The average Bonchev–Trinajstić information content (AvgIpc) is 3.66. The van der Waals surface area contributed by atoms with E-state index >= 15 is 0 Å². The van der Waals surface area contributed by atoms with Gasteiger partial charge in [-0.3, -0.25) is 4.79 Å². The number of nitrogens with two attached hydrogens (primary N) is 1. The van der Waals surface area contributed by atoms with Gasteiger partial charge in [-0.05, 0) is 67.0 Å². The van der Waals surface area contributed by atoms with Crippen molar-refractivity contribution in [3.05, 3.63) is 71.8 Å². The molecule has 6 rings (SSSR count). The summed E-state index contributed by atoms with van der Waals surface area (Å²) in [6, 6.07) is 10.9. The molecule has 4 N–H and O–H groups in total. The molecule has 0 aliphatic carbocycles. The maximum Gasteiger partial charge on any atom is 0.429 e. The molecule has 0 amide bonds. The number of alkyl halides is 3. The molecule has 1 spiro atoms. The predicted octanol–water partition coefficient (Wildman–Crippen LogP) is 5.08. The number of ether oxygens (including phenoxy) is 2. The van der Waals surface area contributed by atoms with E-state index in [0.717, 1.165) is 0 Å². The second kappa shape index (κ2) is 12.4. The van der Waals surface area contributed by atoms with Crippen molar-refractivity contribution in [2.45, 2.75) is 44.5 Å². The Morgan fingerprint density at radius 2 is 1.83 bits per heavy atom. The molecule has 47 heavy (non-hydrogen) atoms. The molecule has 0 radical (unpaired) electrons. The van der Waals surface area contributed by atoms with Gasteiger partial charge in [0.05, 0.1) is 18.5 Å². The van der Waals surface area contributed by atoms with Crippen LogP contribution in [0.25, 0.3) is 16.8 Å². The van der Waals surface area contributed by atoms with Gasteiger partial charge in [0.2, 0.25) is 17.9 Å². The summed E-state index contributed by atoms with van der Waals surface area (Å²) in [5.41, 5.74) is 7.05. The number of carboxylic acids is 1. The maximum absolute atomic E-state index is 14.8. The van der Waals surface area contributed by atoms with Gasteiger partial charge in [-0.1, -0.05) is 18.2 Å². The van der Waals surface area contributed by atoms with E-state index in [2.05, 4.69) is 20.4 Å². The minimum atomic E-state index is -4.89. The second-order valence-corrected chi connectivity index (χ2v) is 11.9. The number of carboxylic acid groups (broad SMARTS) is 1. The van der Waals surface area contributed by atoms with Gasteiger partial charge in [0.15, 0.2) is 11.6 Å². The number of nitrogens with one attached hydrogen (secondary N) is 1. The molecule has 2 fully saturated rings. The van der Waals surface area contributed by atoms with Crippen LogP contribution >= 0.6 is 0 Å². The summed E-state index contributed by atoms with van der Waals surface area (Å²) in [7, 11) is 1.34. The highest BCUT2D eigenvalue weighted by atomic mass is 19.4. The Morgan fingerprint density at radius 1 is 1.11 bits per heavy atom. The zero-order valence-corrected chi connectivity index (χ0v) is 25.6. The molecule has 2 atom stereocenters. The number of hydrogen-bond acceptors (Lipinski definition) is 9. The fourth-order valence-corrected chi connectivity index (χ4v) is 6.30. The molecule has 2 unspecified atom stereocenters. The van der Waals surface area contributed by atoms with E-state index in [1.807, 2.05) is 4.90 Å². The number of rotatable bonds is 8. The van der Waals surface area contributed by atoms with Crippen LogP contribution in [0.1, 0.15) is 36.6 Å². The van der Waals surface area contributed by atoms with E-state index in [-0.39, 0.29) is 34.2 Å². The van der Waals surface area contributed by atoms with Gasteiger partial charge in [0.25, 0.3) is 0 Å². The molecule has 248 valence electrons. The van der Waals surface area contributed by atoms with Crippen LogP contribution in [0.3, 0.4) is 0 Å². The lowest BCUT2D eigenvalue weighted by atomic mass is 9.76. The zero-order valence-electron chi connectivity index (χ0n) is 25.6. The summed E-state index contributed by atoms with van der Waals surface area (Å²) < 4.78 is 70.9. The predicted molar refractivity (Wildman–Crippen MR) is 164 cm³/mol. The number of carbonyl (C=O) groups is 1. The van der Waals surface area contributed by atoms with Gasteiger partial charge in [-0.25, -0.2) is 9.07 Å². The fraction of sp³-hybridized carbons (Fsp3) is 0.375. The van der Waals surface area contributed by atoms with Crippen molar-refractivity contribution in [3.8, 4) is 28.4 Å². The minimum absolute atomic E-state index is 0.0359. The van der Waals surface area contributed by atoms with E-state index in [1.165, 1.54) is 54.4 Å². The molecule has 11 nitrogen and oxygen atoms in total. The average molecular weight is 656 g/mol. The number of nitrogens with zero attached hydrogens (tertiary/aromatic N) is 5. The topological polar surface area (TPSA) is 141 Å². The first-order chi connectivity index (χ1) is 22.3. The van der Waals surface area contributed by atoms with E-state index in [0.29, 0.717) is 61.5 Å². The Labute approximate surface area is 267 Å². The van der Waals surface area contributed by atoms with Crippen molar-refractivity contribution >= 4 is 17.7 Å². The van der Waals surface area contributed by atoms with Crippen LogP contribution in [0.4, 0.5) is 29.3 Å². The van der Waals surface area contributed by atoms with Crippen LogP contribution < -0.4 is 25.4 Å². The maximum atomic E-state index is 14.8. The Bertz CT molecular complexity index is 1790. The summed E-state index contributed by atoms with van der Waals surface area (Å²) in [6.07, 6.45) is -3.99. The van der Waals surface area contributed by atoms with Crippen molar-refractivity contribution in [3.63, 3.8) is 0 Å². The molecule has 2 saturated heterocycles. The largest absolute Gasteiger partial charge is 0.494 e. The number of nitrogen functional groups attached to an aromatic ring is 1. The molecule has 15 heteroatoms. The van der Waals surface area contributed by atoms with Crippen LogP contribution in [-0.4, -0.2) is 69.8 Å². The van der Waals surface area contributed by atoms with Crippen LogP contribution in [0.5, 0.6) is 11.6 Å². The summed E-state index contributed by atoms with van der Waals surface area (Å²) in [6.45, 7) is 3.29. The number of anilines is 2. The summed E-state index contributed by atoms with van der Waals surface area (Å²) in [5, 5.41) is 16.8. The van der Waals surface area contributed by atoms with Gasteiger partial charge < -0.3 is 30.5 Å². The lowest BCUT2D eigenvalue weighted by Crippen LogP contribution is -2.41. The van der Waals surface area contributed by atoms with E-state index in [1.54, 1.807) is 19.1 Å². The third kappa shape index (κ3) is 6.66. The second-order valence-electron chi connectivity index (χ2n) is 11.9. The van der Waals surface area contributed by atoms with Gasteiger partial charge >= 0.3 is 12.1 Å². The standard InChI is InChI=1S/C32H33F4N7O4/c1-18-7-10-43(41-18)24-14-20(19-4-6-25(46-2)22(33)13-19)3-5-21(24)28(32(34,35)36)47-27-15-26(39-30(37)40-27)42-11-8-31(9-12-42)16-23(29(44)45)38-17-31/h3-7,10,13-15,23,28,38H,8-9,11-12,16-17H2,1-2H3,(H,44,45)(H2,37,39,40). The number of aryl methyl sites for hydroxylation is 1. The van der Waals surface area contributed by atoms with Crippen molar-refractivity contribution in [1.29, 1.82) is 0 Å². The zero-order chi connectivity index (χ0) is 33.5. The molecule has 0 saturated carbocycles. The molecule has 2 aliphatic rings. The number of methoxy groups -OCH3 is 1. The number of hydrogen-bond donors (Lipinski definition) is 3. The first-order valence-corrected chi connectivity index (χ1v) is 14.9. The van der Waals surface area contributed by atoms with Gasteiger partial charge in [0, 0.05) is 37.5 Å². The lowest BCUT2D eigenvalue weighted by molar-refractivity contribution is -0.198. The molecule has 2 aromatic heterocycles. The highest BCUT2D eigenvalue weighted by Gasteiger charge is 2.46. The molecule has 2 aliphatic heterocycles. The van der Waals surface area contributed by atoms with Gasteiger partial charge in [-0.15, -0.1) is 0 Å². The fourth-order valence-electron chi connectivity index (χ4n) is 6.30. The third-order valence-corrected chi connectivity index (χ3v) is 8.82. The molecule has 4 heterocycles. The molecule has 2 aromatic carbocycles. The summed E-state index contributed by atoms with van der Waals surface area (Å²) in [4.78, 5) is 21.6. The number of benzene rings is 2. The highest BCUT2D eigenvalue weighted by Crippen LogP contribution is 2.43. The first-order valence-electron chi connectivity index (χ1n) is 14.9. The Hall–Kier alpha value is -4.92. The number of aromatic nitrogens is 4.